The Hall–Kier alpha value is 0.0969. The van der Waals surface area contributed by atoms with Crippen LogP contribution in [0.25, 0.3) is 0 Å². The van der Waals surface area contributed by atoms with E-state index < -0.39 is 8.32 Å². The van der Waals surface area contributed by atoms with Crippen molar-refractivity contribution >= 4 is 8.32 Å². The maximum Gasteiger partial charge on any atom is 0.192 e. The van der Waals surface area contributed by atoms with Crippen LogP contribution in [0, 0.1) is 17.3 Å². The molecule has 0 aromatic carbocycles. The van der Waals surface area contributed by atoms with Crippen molar-refractivity contribution in [2.24, 2.45) is 17.3 Å². The SMILES string of the molecule is CC1(C)C[C@H]2[C@@H]([C@@H]1O)[C@@]1(C)C[C@H](O[Si](C)(C)C(C)(C)C)C[C@@H]2O1. The van der Waals surface area contributed by atoms with E-state index in [1.54, 1.807) is 0 Å². The Labute approximate surface area is 143 Å². The third kappa shape index (κ3) is 2.74. The highest BCUT2D eigenvalue weighted by atomic mass is 28.4. The van der Waals surface area contributed by atoms with E-state index in [9.17, 15) is 5.11 Å². The molecule has 2 bridgehead atoms. The van der Waals surface area contributed by atoms with Crippen molar-refractivity contribution in [2.75, 3.05) is 0 Å². The highest BCUT2D eigenvalue weighted by Crippen LogP contribution is 2.61. The maximum atomic E-state index is 10.9. The molecule has 1 saturated carbocycles. The number of aliphatic hydroxyl groups excluding tert-OH is 1. The van der Waals surface area contributed by atoms with Crippen LogP contribution in [0.5, 0.6) is 0 Å². The summed E-state index contributed by atoms with van der Waals surface area (Å²) in [5.41, 5.74) is -0.195. The van der Waals surface area contributed by atoms with Crippen molar-refractivity contribution in [1.29, 1.82) is 0 Å². The van der Waals surface area contributed by atoms with Gasteiger partial charge >= 0.3 is 0 Å². The van der Waals surface area contributed by atoms with Crippen LogP contribution in [0.2, 0.25) is 18.1 Å². The second-order valence-electron chi connectivity index (χ2n) is 10.7. The van der Waals surface area contributed by atoms with Crippen LogP contribution in [0.15, 0.2) is 0 Å². The van der Waals surface area contributed by atoms with Crippen molar-refractivity contribution in [3.05, 3.63) is 0 Å². The number of rotatable bonds is 2. The Morgan fingerprint density at radius 1 is 1.13 bits per heavy atom. The molecule has 1 N–H and O–H groups in total. The fourth-order valence-electron chi connectivity index (χ4n) is 5.12. The van der Waals surface area contributed by atoms with E-state index in [2.05, 4.69) is 54.6 Å². The predicted molar refractivity (Wildman–Crippen MR) is 96.0 cm³/mol. The Bertz CT molecular complexity index is 481. The van der Waals surface area contributed by atoms with E-state index in [1.165, 1.54) is 0 Å². The minimum Gasteiger partial charge on any atom is -0.414 e. The van der Waals surface area contributed by atoms with E-state index in [-0.39, 0.29) is 34.2 Å². The third-order valence-electron chi connectivity index (χ3n) is 7.36. The van der Waals surface area contributed by atoms with Crippen LogP contribution in [-0.4, -0.2) is 37.3 Å². The van der Waals surface area contributed by atoms with Gasteiger partial charge in [-0.2, -0.15) is 0 Å². The molecule has 4 heteroatoms. The fourth-order valence-corrected chi connectivity index (χ4v) is 6.49. The maximum absolute atomic E-state index is 10.9. The molecule has 2 aliphatic heterocycles. The van der Waals surface area contributed by atoms with Crippen molar-refractivity contribution in [3.8, 4) is 0 Å². The largest absolute Gasteiger partial charge is 0.414 e. The van der Waals surface area contributed by atoms with Crippen LogP contribution in [0.4, 0.5) is 0 Å². The summed E-state index contributed by atoms with van der Waals surface area (Å²) in [7, 11) is -1.76. The number of fused-ring (bicyclic) bond motifs is 5. The van der Waals surface area contributed by atoms with Gasteiger partial charge in [0.1, 0.15) is 0 Å². The summed E-state index contributed by atoms with van der Waals surface area (Å²) >= 11 is 0. The summed E-state index contributed by atoms with van der Waals surface area (Å²) in [6, 6.07) is 0. The molecule has 1 aliphatic carbocycles. The second kappa shape index (κ2) is 5.06. The van der Waals surface area contributed by atoms with Crippen molar-refractivity contribution in [3.63, 3.8) is 0 Å². The minimum absolute atomic E-state index is 0.0196. The molecule has 0 amide bonds. The highest BCUT2D eigenvalue weighted by molar-refractivity contribution is 6.74. The monoisotopic (exact) mass is 340 g/mol. The van der Waals surface area contributed by atoms with Crippen molar-refractivity contribution < 1.29 is 14.3 Å². The Kier molecular flexibility index (Phi) is 3.94. The minimum atomic E-state index is -1.76. The summed E-state index contributed by atoms with van der Waals surface area (Å²) in [5, 5.41) is 11.1. The van der Waals surface area contributed by atoms with Gasteiger partial charge in [0.15, 0.2) is 8.32 Å². The Morgan fingerprint density at radius 3 is 2.30 bits per heavy atom. The normalized spacial score (nSPS) is 46.0. The number of aliphatic hydroxyl groups is 1. The Balaban J connectivity index is 1.79. The van der Waals surface area contributed by atoms with Gasteiger partial charge in [-0.1, -0.05) is 34.6 Å². The zero-order valence-electron chi connectivity index (χ0n) is 16.3. The zero-order chi connectivity index (χ0) is 17.4. The molecule has 2 saturated heterocycles. The first kappa shape index (κ1) is 17.9. The molecule has 3 rings (SSSR count). The van der Waals surface area contributed by atoms with Crippen molar-refractivity contribution in [2.45, 2.75) is 103 Å². The molecule has 6 atom stereocenters. The number of ether oxygens (including phenoxy) is 1. The standard InChI is InChI=1S/C19H36O3Si/c1-17(2,3)23(7,8)22-12-9-14-13-11-18(4,5)16(20)15(13)19(6,10-12)21-14/h12-16,20H,9-11H2,1-8H3/t12-,13-,14+,15+,16+,19-/m1/s1. The number of hydrogen-bond acceptors (Lipinski definition) is 3. The molecule has 2 heterocycles. The smallest absolute Gasteiger partial charge is 0.192 e. The molecule has 3 nitrogen and oxygen atoms in total. The first-order chi connectivity index (χ1) is 10.3. The number of hydrogen-bond donors (Lipinski definition) is 1. The topological polar surface area (TPSA) is 38.7 Å². The lowest BCUT2D eigenvalue weighted by Gasteiger charge is -2.45. The van der Waals surface area contributed by atoms with E-state index in [0.29, 0.717) is 12.0 Å². The molecule has 0 aromatic heterocycles. The van der Waals surface area contributed by atoms with Crippen LogP contribution in [0.3, 0.4) is 0 Å². The van der Waals surface area contributed by atoms with Gasteiger partial charge < -0.3 is 14.3 Å². The quantitative estimate of drug-likeness (QED) is 0.760. The summed E-state index contributed by atoms with van der Waals surface area (Å²) in [4.78, 5) is 0. The molecule has 0 unspecified atom stereocenters. The molecular formula is C19H36O3Si. The van der Waals surface area contributed by atoms with Crippen LogP contribution < -0.4 is 0 Å². The van der Waals surface area contributed by atoms with Crippen LogP contribution >= 0.6 is 0 Å². The lowest BCUT2D eigenvalue weighted by Crippen LogP contribution is -2.51. The zero-order valence-corrected chi connectivity index (χ0v) is 17.3. The summed E-state index contributed by atoms with van der Waals surface area (Å²) < 4.78 is 13.1. The average Bonchev–Trinajstić information content (AvgIpc) is 2.68. The van der Waals surface area contributed by atoms with Gasteiger partial charge in [-0.05, 0) is 49.2 Å². The van der Waals surface area contributed by atoms with Crippen LogP contribution in [0.1, 0.15) is 60.8 Å². The first-order valence-electron chi connectivity index (χ1n) is 9.31. The molecule has 3 aliphatic rings. The van der Waals surface area contributed by atoms with E-state index >= 15 is 0 Å². The van der Waals surface area contributed by atoms with Gasteiger partial charge in [0, 0.05) is 12.3 Å². The molecule has 3 fully saturated rings. The van der Waals surface area contributed by atoms with Gasteiger partial charge in [0.25, 0.3) is 0 Å². The summed E-state index contributed by atoms with van der Waals surface area (Å²) in [5.74, 6) is 0.772. The first-order valence-corrected chi connectivity index (χ1v) is 12.2. The molecule has 0 radical (unpaired) electrons. The summed E-state index contributed by atoms with van der Waals surface area (Å²) in [6.45, 7) is 18.2. The van der Waals surface area contributed by atoms with Crippen molar-refractivity contribution in [1.82, 2.24) is 0 Å². The molecule has 134 valence electrons. The molecule has 0 spiro atoms. The van der Waals surface area contributed by atoms with E-state index in [4.69, 9.17) is 9.16 Å². The second-order valence-corrected chi connectivity index (χ2v) is 15.5. The molecule has 23 heavy (non-hydrogen) atoms. The lowest BCUT2D eigenvalue weighted by molar-refractivity contribution is -0.142. The predicted octanol–water partition coefficient (Wildman–Crippen LogP) is 4.35. The van der Waals surface area contributed by atoms with E-state index in [1.807, 2.05) is 0 Å². The van der Waals surface area contributed by atoms with E-state index in [0.717, 1.165) is 19.3 Å². The summed E-state index contributed by atoms with van der Waals surface area (Å²) in [6.07, 6.45) is 3.32. The Morgan fingerprint density at radius 2 is 1.74 bits per heavy atom. The molecular weight excluding hydrogens is 304 g/mol. The van der Waals surface area contributed by atoms with Gasteiger partial charge in [-0.3, -0.25) is 0 Å². The molecule has 0 aromatic rings. The average molecular weight is 341 g/mol. The third-order valence-corrected chi connectivity index (χ3v) is 11.9. The lowest BCUT2D eigenvalue weighted by atomic mass is 9.78. The van der Waals surface area contributed by atoms with Gasteiger partial charge in [-0.15, -0.1) is 0 Å². The fraction of sp³-hybridized carbons (Fsp3) is 1.00. The van der Waals surface area contributed by atoms with Gasteiger partial charge in [0.05, 0.1) is 23.9 Å². The van der Waals surface area contributed by atoms with Crippen LogP contribution in [-0.2, 0) is 9.16 Å². The van der Waals surface area contributed by atoms with Gasteiger partial charge in [-0.25, -0.2) is 0 Å². The van der Waals surface area contributed by atoms with Gasteiger partial charge in [0.2, 0.25) is 0 Å². The highest BCUT2D eigenvalue weighted by Gasteiger charge is 2.65.